The van der Waals surface area contributed by atoms with Gasteiger partial charge in [-0.25, -0.2) is 9.78 Å². The Bertz CT molecular complexity index is 705. The maximum atomic E-state index is 11.7. The van der Waals surface area contributed by atoms with Gasteiger partial charge in [-0.05, 0) is 43.2 Å². The number of urea groups is 1. The van der Waals surface area contributed by atoms with Crippen molar-refractivity contribution in [2.24, 2.45) is 11.1 Å². The lowest BCUT2D eigenvalue weighted by molar-refractivity contribution is -0.138. The molecule has 0 bridgehead atoms. The van der Waals surface area contributed by atoms with Crippen molar-refractivity contribution in [2.45, 2.75) is 37.8 Å². The highest BCUT2D eigenvalue weighted by Gasteiger charge is 2.57. The van der Waals surface area contributed by atoms with Crippen molar-refractivity contribution < 1.29 is 19.1 Å². The Kier molecular flexibility index (Phi) is 3.22. The first-order chi connectivity index (χ1) is 11.5. The predicted molar refractivity (Wildman–Crippen MR) is 82.1 cm³/mol. The van der Waals surface area contributed by atoms with E-state index in [4.69, 9.17) is 10.5 Å². The van der Waals surface area contributed by atoms with Gasteiger partial charge in [0.2, 0.25) is 11.8 Å². The van der Waals surface area contributed by atoms with Crippen molar-refractivity contribution in [3.63, 3.8) is 0 Å². The van der Waals surface area contributed by atoms with Crippen molar-refractivity contribution in [2.75, 3.05) is 6.54 Å². The highest BCUT2D eigenvalue weighted by atomic mass is 16.5. The summed E-state index contributed by atoms with van der Waals surface area (Å²) in [6.45, 7) is 0.101. The second kappa shape index (κ2) is 5.19. The Morgan fingerprint density at radius 3 is 2.71 bits per heavy atom. The zero-order chi connectivity index (χ0) is 16.9. The van der Waals surface area contributed by atoms with Crippen LogP contribution in [-0.4, -0.2) is 46.4 Å². The van der Waals surface area contributed by atoms with Gasteiger partial charge in [-0.3, -0.25) is 14.5 Å². The normalized spacial score (nSPS) is 31.4. The smallest absolute Gasteiger partial charge is 0.324 e. The summed E-state index contributed by atoms with van der Waals surface area (Å²) in [4.78, 5) is 40.2. The fraction of sp³-hybridized carbons (Fsp3) is 0.500. The van der Waals surface area contributed by atoms with Crippen LogP contribution in [0.15, 0.2) is 18.3 Å². The Labute approximate surface area is 138 Å². The van der Waals surface area contributed by atoms with Gasteiger partial charge >= 0.3 is 6.03 Å². The molecule has 0 atom stereocenters. The molecule has 1 aromatic rings. The van der Waals surface area contributed by atoms with E-state index < -0.39 is 5.91 Å². The molecular formula is C16H18N4O4. The first-order valence-corrected chi connectivity index (χ1v) is 7.99. The molecule has 1 spiro atoms. The molecule has 8 nitrogen and oxygen atoms in total. The summed E-state index contributed by atoms with van der Waals surface area (Å²) in [7, 11) is 0. The Balaban J connectivity index is 1.33. The summed E-state index contributed by atoms with van der Waals surface area (Å²) in [5, 5.41) is 2.55. The SMILES string of the molecule is NC(=O)c1cccnc1OC1CC2(C1)CC(N1C(=O)CNC1=O)C2. The lowest BCUT2D eigenvalue weighted by Gasteiger charge is -2.58. The van der Waals surface area contributed by atoms with Crippen LogP contribution in [0.4, 0.5) is 4.79 Å². The number of nitrogens with zero attached hydrogens (tertiary/aromatic N) is 2. The van der Waals surface area contributed by atoms with Crippen LogP contribution in [0.2, 0.25) is 0 Å². The Morgan fingerprint density at radius 1 is 1.33 bits per heavy atom. The van der Waals surface area contributed by atoms with Crippen LogP contribution < -0.4 is 15.8 Å². The van der Waals surface area contributed by atoms with Gasteiger partial charge in [0.15, 0.2) is 0 Å². The van der Waals surface area contributed by atoms with Gasteiger partial charge in [0.05, 0.1) is 6.54 Å². The van der Waals surface area contributed by atoms with Crippen molar-refractivity contribution in [1.82, 2.24) is 15.2 Å². The van der Waals surface area contributed by atoms with E-state index in [9.17, 15) is 14.4 Å². The number of hydrogen-bond acceptors (Lipinski definition) is 5. The Hall–Kier alpha value is -2.64. The second-order valence-electron chi connectivity index (χ2n) is 6.85. The molecule has 2 saturated carbocycles. The number of pyridine rings is 1. The quantitative estimate of drug-likeness (QED) is 0.777. The first-order valence-electron chi connectivity index (χ1n) is 7.99. The standard InChI is InChI=1S/C16H18N4O4/c17-13(22)11-2-1-3-18-14(11)24-10-6-16(7-10)4-9(5-16)20-12(21)8-19-15(20)23/h1-3,9-10H,4-8H2,(H2,17,22)(H,19,23). The molecular weight excluding hydrogens is 312 g/mol. The molecule has 24 heavy (non-hydrogen) atoms. The number of nitrogens with two attached hydrogens (primary N) is 1. The molecule has 126 valence electrons. The van der Waals surface area contributed by atoms with Gasteiger partial charge in [0.1, 0.15) is 11.7 Å². The monoisotopic (exact) mass is 330 g/mol. The minimum atomic E-state index is -0.561. The lowest BCUT2D eigenvalue weighted by atomic mass is 9.52. The fourth-order valence-corrected chi connectivity index (χ4v) is 4.08. The molecule has 1 aliphatic heterocycles. The van der Waals surface area contributed by atoms with Gasteiger partial charge in [-0.15, -0.1) is 0 Å². The predicted octanol–water partition coefficient (Wildman–Crippen LogP) is 0.422. The summed E-state index contributed by atoms with van der Waals surface area (Å²) in [5.41, 5.74) is 5.74. The minimum Gasteiger partial charge on any atom is -0.474 e. The fourth-order valence-electron chi connectivity index (χ4n) is 4.08. The lowest BCUT2D eigenvalue weighted by Crippen LogP contribution is -2.60. The number of carbonyl (C=O) groups excluding carboxylic acids is 3. The summed E-state index contributed by atoms with van der Waals surface area (Å²) < 4.78 is 5.81. The van der Waals surface area contributed by atoms with E-state index in [-0.39, 0.29) is 47.5 Å². The van der Waals surface area contributed by atoms with Crippen LogP contribution in [0.25, 0.3) is 0 Å². The van der Waals surface area contributed by atoms with Crippen LogP contribution in [-0.2, 0) is 4.79 Å². The number of ether oxygens (including phenoxy) is 1. The third-order valence-corrected chi connectivity index (χ3v) is 5.22. The summed E-state index contributed by atoms with van der Waals surface area (Å²) >= 11 is 0. The molecule has 3 N–H and O–H groups in total. The maximum absolute atomic E-state index is 11.7. The minimum absolute atomic E-state index is 0.00280. The summed E-state index contributed by atoms with van der Waals surface area (Å²) in [5.74, 6) is -0.434. The van der Waals surface area contributed by atoms with Gasteiger partial charge in [0.25, 0.3) is 5.91 Å². The number of rotatable bonds is 4. The van der Waals surface area contributed by atoms with Crippen LogP contribution in [0.3, 0.4) is 0 Å². The molecule has 0 radical (unpaired) electrons. The van der Waals surface area contributed by atoms with Gasteiger partial charge in [-0.2, -0.15) is 0 Å². The largest absolute Gasteiger partial charge is 0.474 e. The molecule has 2 aliphatic carbocycles. The van der Waals surface area contributed by atoms with Crippen molar-refractivity contribution >= 4 is 17.8 Å². The average Bonchev–Trinajstić information content (AvgIpc) is 2.80. The van der Waals surface area contributed by atoms with E-state index in [1.54, 1.807) is 18.3 Å². The number of carbonyl (C=O) groups is 3. The number of aromatic nitrogens is 1. The number of nitrogens with one attached hydrogen (secondary N) is 1. The van der Waals surface area contributed by atoms with Crippen molar-refractivity contribution in [1.29, 1.82) is 0 Å². The maximum Gasteiger partial charge on any atom is 0.324 e. The first kappa shape index (κ1) is 14.9. The van der Waals surface area contributed by atoms with Gasteiger partial charge < -0.3 is 15.8 Å². The van der Waals surface area contributed by atoms with Crippen LogP contribution in [0.5, 0.6) is 5.88 Å². The van der Waals surface area contributed by atoms with Crippen LogP contribution in [0.1, 0.15) is 36.0 Å². The molecule has 1 aromatic heterocycles. The third kappa shape index (κ3) is 2.29. The highest BCUT2D eigenvalue weighted by molar-refractivity contribution is 6.02. The average molecular weight is 330 g/mol. The second-order valence-corrected chi connectivity index (χ2v) is 6.85. The van der Waals surface area contributed by atoms with E-state index in [1.165, 1.54) is 4.90 Å². The third-order valence-electron chi connectivity index (χ3n) is 5.22. The van der Waals surface area contributed by atoms with E-state index in [1.807, 2.05) is 0 Å². The molecule has 1 saturated heterocycles. The molecule has 8 heteroatoms. The zero-order valence-electron chi connectivity index (χ0n) is 13.0. The highest BCUT2D eigenvalue weighted by Crippen LogP contribution is 2.58. The number of hydrogen-bond donors (Lipinski definition) is 2. The number of amides is 4. The van der Waals surface area contributed by atoms with E-state index in [0.717, 1.165) is 25.7 Å². The number of primary amides is 1. The number of imide groups is 1. The van der Waals surface area contributed by atoms with Crippen molar-refractivity contribution in [3.05, 3.63) is 23.9 Å². The molecule has 2 heterocycles. The van der Waals surface area contributed by atoms with E-state index in [0.29, 0.717) is 0 Å². The van der Waals surface area contributed by atoms with Gasteiger partial charge in [0, 0.05) is 12.2 Å². The topological polar surface area (TPSA) is 115 Å². The molecule has 4 rings (SSSR count). The van der Waals surface area contributed by atoms with Crippen LogP contribution in [0, 0.1) is 5.41 Å². The van der Waals surface area contributed by atoms with Gasteiger partial charge in [-0.1, -0.05) is 0 Å². The van der Waals surface area contributed by atoms with E-state index >= 15 is 0 Å². The summed E-state index contributed by atoms with van der Waals surface area (Å²) in [6, 6.07) is 2.95. The zero-order valence-corrected chi connectivity index (χ0v) is 13.0. The van der Waals surface area contributed by atoms with E-state index in [2.05, 4.69) is 10.3 Å². The molecule has 3 aliphatic rings. The molecule has 4 amide bonds. The molecule has 0 aromatic carbocycles. The Morgan fingerprint density at radius 2 is 2.08 bits per heavy atom. The van der Waals surface area contributed by atoms with Crippen LogP contribution >= 0.6 is 0 Å². The summed E-state index contributed by atoms with van der Waals surface area (Å²) in [6.07, 6.45) is 4.85. The molecule has 3 fully saturated rings. The van der Waals surface area contributed by atoms with Crippen molar-refractivity contribution in [3.8, 4) is 5.88 Å². The molecule has 0 unspecified atom stereocenters.